The molecule has 0 heterocycles. The van der Waals surface area contributed by atoms with Crippen LogP contribution in [0, 0.1) is 38.5 Å². The second kappa shape index (κ2) is 15.7. The lowest BCUT2D eigenvalue weighted by atomic mass is 9.74. The summed E-state index contributed by atoms with van der Waals surface area (Å²) in [6, 6.07) is 44.6. The van der Waals surface area contributed by atoms with E-state index in [1.54, 1.807) is 0 Å². The fourth-order valence-electron chi connectivity index (χ4n) is 8.58. The van der Waals surface area contributed by atoms with E-state index in [4.69, 9.17) is 0 Å². The van der Waals surface area contributed by atoms with Gasteiger partial charge in [0.25, 0.3) is 0 Å². The van der Waals surface area contributed by atoms with Gasteiger partial charge in [-0.15, -0.1) is 0 Å². The first-order valence-corrected chi connectivity index (χ1v) is 19.2. The van der Waals surface area contributed by atoms with Crippen molar-refractivity contribution in [1.29, 1.82) is 0 Å². The number of allylic oxidation sites excluding steroid dienone is 3. The Morgan fingerprint density at radius 2 is 1.25 bits per heavy atom. The van der Waals surface area contributed by atoms with Gasteiger partial charge < -0.3 is 9.80 Å². The number of nitrogens with zero attached hydrogens (tertiary/aromatic N) is 2. The molecule has 1 fully saturated rings. The highest BCUT2D eigenvalue weighted by Gasteiger charge is 2.36. The minimum atomic E-state index is 0.194. The van der Waals surface area contributed by atoms with E-state index in [1.165, 1.54) is 81.0 Å². The molecule has 0 spiro atoms. The molecule has 5 aromatic carbocycles. The van der Waals surface area contributed by atoms with Crippen molar-refractivity contribution in [1.82, 2.24) is 0 Å². The van der Waals surface area contributed by atoms with Crippen molar-refractivity contribution in [3.8, 4) is 0 Å². The van der Waals surface area contributed by atoms with E-state index in [1.807, 2.05) is 0 Å². The summed E-state index contributed by atoms with van der Waals surface area (Å²) in [6.07, 6.45) is 15.6. The third-order valence-electron chi connectivity index (χ3n) is 11.5. The predicted octanol–water partition coefficient (Wildman–Crippen LogP) is 13.6. The molecular formula is C50H54N2. The highest BCUT2D eigenvalue weighted by molar-refractivity contribution is 5.73. The Balaban J connectivity index is 0.000000220. The molecular weight excluding hydrogens is 629 g/mol. The van der Waals surface area contributed by atoms with Gasteiger partial charge in [-0.25, -0.2) is 0 Å². The number of rotatable bonds is 7. The molecule has 8 rings (SSSR count). The number of benzene rings is 5. The summed E-state index contributed by atoms with van der Waals surface area (Å²) in [6.45, 7) is 11.3. The number of para-hydroxylation sites is 1. The van der Waals surface area contributed by atoms with Crippen molar-refractivity contribution < 1.29 is 0 Å². The van der Waals surface area contributed by atoms with Crippen LogP contribution in [0.1, 0.15) is 78.5 Å². The number of hydrogen-bond donors (Lipinski definition) is 0. The second-order valence-corrected chi connectivity index (χ2v) is 15.5. The molecule has 5 atom stereocenters. The van der Waals surface area contributed by atoms with E-state index in [2.05, 4.69) is 203 Å². The third kappa shape index (κ3) is 7.72. The monoisotopic (exact) mass is 682 g/mol. The van der Waals surface area contributed by atoms with Crippen LogP contribution in [0.15, 0.2) is 151 Å². The molecule has 3 aliphatic rings. The van der Waals surface area contributed by atoms with E-state index in [9.17, 15) is 0 Å². The lowest BCUT2D eigenvalue weighted by Gasteiger charge is -2.42. The first-order chi connectivity index (χ1) is 25.2. The van der Waals surface area contributed by atoms with E-state index in [0.29, 0.717) is 11.8 Å². The average Bonchev–Trinajstić information content (AvgIpc) is 3.60. The molecule has 0 amide bonds. The maximum atomic E-state index is 2.58. The van der Waals surface area contributed by atoms with E-state index >= 15 is 0 Å². The molecule has 2 heteroatoms. The van der Waals surface area contributed by atoms with Crippen molar-refractivity contribution in [2.24, 2.45) is 17.8 Å². The van der Waals surface area contributed by atoms with Crippen molar-refractivity contribution >= 4 is 28.8 Å². The standard InChI is InChI=1S/C35H37N.C15H17N/c1-24-10-9-14-32(21-24)36(31-12-5-4-6-13-31)35-33-15-8-7-11-29(33)22-30-19-18-28(23-34(30)35)26(3)27-17-16-25(2)20-27;1-12-6-4-8-14(10-12)16(3)15-9-5-7-13(2)11-15/h4-15,18-19,21-23,25-27,33,35H,16-17,20H2,1-3H3;4-11H,1-3H3. The molecule has 2 nitrogen and oxygen atoms in total. The summed E-state index contributed by atoms with van der Waals surface area (Å²) in [7, 11) is 2.10. The van der Waals surface area contributed by atoms with Gasteiger partial charge in [0, 0.05) is 35.7 Å². The number of fused-ring (bicyclic) bond motifs is 2. The van der Waals surface area contributed by atoms with Crippen LogP contribution in [-0.4, -0.2) is 7.05 Å². The van der Waals surface area contributed by atoms with E-state index in [-0.39, 0.29) is 6.04 Å². The molecule has 0 aliphatic heterocycles. The van der Waals surface area contributed by atoms with Gasteiger partial charge in [-0.05, 0) is 139 Å². The van der Waals surface area contributed by atoms with E-state index < -0.39 is 0 Å². The van der Waals surface area contributed by atoms with Crippen LogP contribution in [-0.2, 0) is 0 Å². The average molecular weight is 683 g/mol. The minimum Gasteiger partial charge on any atom is -0.345 e. The van der Waals surface area contributed by atoms with Crippen LogP contribution in [0.4, 0.5) is 22.7 Å². The Morgan fingerprint density at radius 1 is 0.635 bits per heavy atom. The molecule has 0 saturated heterocycles. The SMILES string of the molecule is Cc1cccc(N(C)c2cccc(C)c2)c1.Cc1cccc(N(c2ccccc2)C2c3cc(C(C)C4CCC(C)C4)ccc3C=C3C=CC=CC32)c1. The Morgan fingerprint density at radius 3 is 1.87 bits per heavy atom. The van der Waals surface area contributed by atoms with Crippen LogP contribution in [0.2, 0.25) is 0 Å². The molecule has 264 valence electrons. The van der Waals surface area contributed by atoms with Crippen LogP contribution >= 0.6 is 0 Å². The summed E-state index contributed by atoms with van der Waals surface area (Å²) >= 11 is 0. The highest BCUT2D eigenvalue weighted by Crippen LogP contribution is 2.49. The zero-order valence-electron chi connectivity index (χ0n) is 31.8. The van der Waals surface area contributed by atoms with Gasteiger partial charge in [0.05, 0.1) is 6.04 Å². The number of aryl methyl sites for hydroxylation is 3. The van der Waals surface area contributed by atoms with Crippen LogP contribution in [0.5, 0.6) is 0 Å². The summed E-state index contributed by atoms with van der Waals surface area (Å²) in [5, 5.41) is 0. The number of anilines is 4. The Hall–Kier alpha value is -5.08. The van der Waals surface area contributed by atoms with Crippen molar-refractivity contribution in [2.45, 2.75) is 65.8 Å². The largest absolute Gasteiger partial charge is 0.345 e. The predicted molar refractivity (Wildman–Crippen MR) is 224 cm³/mol. The molecule has 3 aliphatic carbocycles. The summed E-state index contributed by atoms with van der Waals surface area (Å²) in [4.78, 5) is 4.79. The smallest absolute Gasteiger partial charge is 0.0700 e. The van der Waals surface area contributed by atoms with Gasteiger partial charge in [-0.3, -0.25) is 0 Å². The van der Waals surface area contributed by atoms with Gasteiger partial charge in [0.2, 0.25) is 0 Å². The van der Waals surface area contributed by atoms with Crippen LogP contribution in [0.3, 0.4) is 0 Å². The normalized spacial score (nSPS) is 20.5. The van der Waals surface area contributed by atoms with Gasteiger partial charge in [0.1, 0.15) is 0 Å². The van der Waals surface area contributed by atoms with E-state index in [0.717, 1.165) is 11.8 Å². The van der Waals surface area contributed by atoms with Crippen molar-refractivity contribution in [2.75, 3.05) is 16.8 Å². The van der Waals surface area contributed by atoms with Crippen LogP contribution in [0.25, 0.3) is 6.08 Å². The Bertz CT molecular complexity index is 2040. The fourth-order valence-corrected chi connectivity index (χ4v) is 8.58. The van der Waals surface area contributed by atoms with Crippen molar-refractivity contribution in [3.05, 3.63) is 185 Å². The number of hydrogen-bond acceptors (Lipinski definition) is 2. The first kappa shape index (κ1) is 35.3. The molecule has 0 N–H and O–H groups in total. The minimum absolute atomic E-state index is 0.194. The first-order valence-electron chi connectivity index (χ1n) is 19.2. The lowest BCUT2D eigenvalue weighted by molar-refractivity contribution is 0.442. The highest BCUT2D eigenvalue weighted by atomic mass is 15.2. The third-order valence-corrected chi connectivity index (χ3v) is 11.5. The maximum Gasteiger partial charge on any atom is 0.0700 e. The van der Waals surface area contributed by atoms with Gasteiger partial charge in [-0.1, -0.05) is 123 Å². The molecule has 0 bridgehead atoms. The fraction of sp³-hybridized carbons (Fsp3) is 0.280. The van der Waals surface area contributed by atoms with Crippen LogP contribution < -0.4 is 9.80 Å². The quantitative estimate of drug-likeness (QED) is 0.169. The summed E-state index contributed by atoms with van der Waals surface area (Å²) in [5.74, 6) is 2.56. The Kier molecular flexibility index (Phi) is 10.6. The molecule has 5 aromatic rings. The molecule has 1 saturated carbocycles. The maximum absolute atomic E-state index is 2.58. The summed E-state index contributed by atoms with van der Waals surface area (Å²) < 4.78 is 0. The van der Waals surface area contributed by atoms with Gasteiger partial charge >= 0.3 is 0 Å². The van der Waals surface area contributed by atoms with Crippen molar-refractivity contribution in [3.63, 3.8) is 0 Å². The lowest BCUT2D eigenvalue weighted by Crippen LogP contribution is -2.33. The van der Waals surface area contributed by atoms with Gasteiger partial charge in [0.15, 0.2) is 0 Å². The molecule has 52 heavy (non-hydrogen) atoms. The Labute approximate surface area is 312 Å². The van der Waals surface area contributed by atoms with Gasteiger partial charge in [-0.2, -0.15) is 0 Å². The molecule has 5 unspecified atom stereocenters. The zero-order chi connectivity index (χ0) is 36.2. The second-order valence-electron chi connectivity index (χ2n) is 15.5. The molecule has 0 aromatic heterocycles. The molecule has 0 radical (unpaired) electrons. The topological polar surface area (TPSA) is 6.48 Å². The zero-order valence-corrected chi connectivity index (χ0v) is 31.8. The summed E-state index contributed by atoms with van der Waals surface area (Å²) in [5.41, 5.74) is 14.5.